The van der Waals surface area contributed by atoms with Crippen molar-refractivity contribution in [3.8, 4) is 0 Å². The molecule has 0 aliphatic carbocycles. The number of hydrogen-bond acceptors (Lipinski definition) is 4. The van der Waals surface area contributed by atoms with Gasteiger partial charge in [-0.2, -0.15) is 0 Å². The number of nitrogens with zero attached hydrogens (tertiary/aromatic N) is 3. The average molecular weight is 331 g/mol. The Kier molecular flexibility index (Phi) is 4.76. The van der Waals surface area contributed by atoms with Crippen LogP contribution < -0.4 is 10.2 Å². The lowest BCUT2D eigenvalue weighted by Crippen LogP contribution is -2.39. The lowest BCUT2D eigenvalue weighted by atomic mass is 9.96. The monoisotopic (exact) mass is 330 g/mol. The number of hydrogen-bond donors (Lipinski definition) is 1. The summed E-state index contributed by atoms with van der Waals surface area (Å²) in [6.07, 6.45) is 3.36. The van der Waals surface area contributed by atoms with Crippen molar-refractivity contribution in [2.45, 2.75) is 19.8 Å². The first kappa shape index (κ1) is 15.7. The van der Waals surface area contributed by atoms with Crippen LogP contribution in [-0.2, 0) is 4.79 Å². The van der Waals surface area contributed by atoms with Crippen LogP contribution in [0, 0.1) is 12.8 Å². The molecule has 1 amide bonds. The van der Waals surface area contributed by atoms with Crippen LogP contribution in [0.25, 0.3) is 0 Å². The fourth-order valence-corrected chi connectivity index (χ4v) is 2.93. The molecule has 23 heavy (non-hydrogen) atoms. The number of anilines is 2. The Labute approximate surface area is 140 Å². The maximum atomic E-state index is 12.4. The first-order chi connectivity index (χ1) is 11.1. The van der Waals surface area contributed by atoms with Gasteiger partial charge in [0.05, 0.1) is 0 Å². The third-order valence-corrected chi connectivity index (χ3v) is 4.26. The van der Waals surface area contributed by atoms with Gasteiger partial charge in [0.1, 0.15) is 0 Å². The Morgan fingerprint density at radius 1 is 1.30 bits per heavy atom. The largest absolute Gasteiger partial charge is 0.341 e. The maximum Gasteiger partial charge on any atom is 0.227 e. The highest BCUT2D eigenvalue weighted by Gasteiger charge is 2.26. The average Bonchev–Trinajstić information content (AvgIpc) is 2.55. The van der Waals surface area contributed by atoms with Crippen LogP contribution in [0.3, 0.4) is 0 Å². The third kappa shape index (κ3) is 3.99. The van der Waals surface area contributed by atoms with Crippen molar-refractivity contribution in [2.75, 3.05) is 23.3 Å². The van der Waals surface area contributed by atoms with Gasteiger partial charge < -0.3 is 10.2 Å². The number of benzene rings is 1. The number of aromatic nitrogens is 2. The zero-order valence-electron chi connectivity index (χ0n) is 13.0. The van der Waals surface area contributed by atoms with Gasteiger partial charge in [-0.3, -0.25) is 4.79 Å². The fraction of sp³-hybridized carbons (Fsp3) is 0.353. The van der Waals surface area contributed by atoms with E-state index in [0.29, 0.717) is 5.02 Å². The maximum absolute atomic E-state index is 12.4. The summed E-state index contributed by atoms with van der Waals surface area (Å²) in [4.78, 5) is 23.3. The number of aryl methyl sites for hydroxylation is 1. The van der Waals surface area contributed by atoms with E-state index in [2.05, 4.69) is 20.2 Å². The van der Waals surface area contributed by atoms with Crippen LogP contribution in [0.1, 0.15) is 18.5 Å². The van der Waals surface area contributed by atoms with Gasteiger partial charge in [0.15, 0.2) is 0 Å². The first-order valence-electron chi connectivity index (χ1n) is 7.73. The van der Waals surface area contributed by atoms with Crippen LogP contribution >= 0.6 is 11.6 Å². The molecule has 0 radical (unpaired) electrons. The highest BCUT2D eigenvalue weighted by molar-refractivity contribution is 6.30. The molecule has 1 fully saturated rings. The molecular weight excluding hydrogens is 312 g/mol. The van der Waals surface area contributed by atoms with E-state index < -0.39 is 0 Å². The van der Waals surface area contributed by atoms with E-state index in [1.807, 2.05) is 25.1 Å². The molecule has 1 aliphatic rings. The smallest absolute Gasteiger partial charge is 0.227 e. The number of halogens is 1. The first-order valence-corrected chi connectivity index (χ1v) is 8.10. The second-order valence-electron chi connectivity index (χ2n) is 5.76. The summed E-state index contributed by atoms with van der Waals surface area (Å²) in [6.45, 7) is 3.53. The standard InChI is InChI=1S/C17H19ClN4O/c1-12-5-8-19-17(20-12)22-9-6-13(7-10-22)16(23)21-15-4-2-3-14(18)11-15/h2-5,8,11,13H,6-7,9-10H2,1H3,(H,21,23). The van der Waals surface area contributed by atoms with E-state index in [4.69, 9.17) is 11.6 Å². The Balaban J connectivity index is 1.57. The zero-order chi connectivity index (χ0) is 16.2. The zero-order valence-corrected chi connectivity index (χ0v) is 13.8. The molecule has 1 N–H and O–H groups in total. The van der Waals surface area contributed by atoms with E-state index in [0.717, 1.165) is 43.3 Å². The van der Waals surface area contributed by atoms with Gasteiger partial charge in [-0.1, -0.05) is 17.7 Å². The summed E-state index contributed by atoms with van der Waals surface area (Å²) in [7, 11) is 0. The number of nitrogens with one attached hydrogen (secondary N) is 1. The normalized spacial score (nSPS) is 15.5. The summed E-state index contributed by atoms with van der Waals surface area (Å²) in [5.74, 6) is 0.811. The minimum Gasteiger partial charge on any atom is -0.341 e. The van der Waals surface area contributed by atoms with E-state index in [1.165, 1.54) is 0 Å². The molecule has 2 heterocycles. The molecule has 1 saturated heterocycles. The molecule has 0 atom stereocenters. The highest BCUT2D eigenvalue weighted by Crippen LogP contribution is 2.23. The van der Waals surface area contributed by atoms with Crippen LogP contribution in [0.15, 0.2) is 36.5 Å². The molecule has 0 unspecified atom stereocenters. The summed E-state index contributed by atoms with van der Waals surface area (Å²) >= 11 is 5.94. The predicted molar refractivity (Wildman–Crippen MR) is 91.8 cm³/mol. The molecule has 1 aliphatic heterocycles. The van der Waals surface area contributed by atoms with Crippen LogP contribution in [0.2, 0.25) is 5.02 Å². The van der Waals surface area contributed by atoms with Crippen LogP contribution in [0.5, 0.6) is 0 Å². The van der Waals surface area contributed by atoms with Crippen LogP contribution in [-0.4, -0.2) is 29.0 Å². The Hall–Kier alpha value is -2.14. The van der Waals surface area contributed by atoms with Gasteiger partial charge in [0, 0.05) is 41.6 Å². The van der Waals surface area contributed by atoms with Crippen molar-refractivity contribution in [1.82, 2.24) is 9.97 Å². The third-order valence-electron chi connectivity index (χ3n) is 4.02. The molecule has 120 valence electrons. The molecule has 0 spiro atoms. The highest BCUT2D eigenvalue weighted by atomic mass is 35.5. The quantitative estimate of drug-likeness (QED) is 0.938. The Morgan fingerprint density at radius 2 is 2.09 bits per heavy atom. The molecule has 5 nitrogen and oxygen atoms in total. The van der Waals surface area contributed by atoms with Gasteiger partial charge in [0.2, 0.25) is 11.9 Å². The van der Waals surface area contributed by atoms with Crippen molar-refractivity contribution in [3.63, 3.8) is 0 Å². The molecule has 0 saturated carbocycles. The Bertz CT molecular complexity index is 698. The van der Waals surface area contributed by atoms with E-state index in [9.17, 15) is 4.79 Å². The molecule has 6 heteroatoms. The SMILES string of the molecule is Cc1ccnc(N2CCC(C(=O)Nc3cccc(Cl)c3)CC2)n1. The minimum absolute atomic E-state index is 0.00930. The van der Waals surface area contributed by atoms with E-state index in [-0.39, 0.29) is 11.8 Å². The second-order valence-corrected chi connectivity index (χ2v) is 6.20. The number of amides is 1. The lowest BCUT2D eigenvalue weighted by Gasteiger charge is -2.31. The van der Waals surface area contributed by atoms with Crippen molar-refractivity contribution < 1.29 is 4.79 Å². The molecule has 1 aromatic carbocycles. The number of rotatable bonds is 3. The second kappa shape index (κ2) is 6.96. The fourth-order valence-electron chi connectivity index (χ4n) is 2.74. The topological polar surface area (TPSA) is 58.1 Å². The van der Waals surface area contributed by atoms with Crippen molar-refractivity contribution in [1.29, 1.82) is 0 Å². The Morgan fingerprint density at radius 3 is 2.78 bits per heavy atom. The molecular formula is C17H19ClN4O. The van der Waals surface area contributed by atoms with Gasteiger partial charge in [-0.25, -0.2) is 9.97 Å². The van der Waals surface area contributed by atoms with Crippen LogP contribution in [0.4, 0.5) is 11.6 Å². The van der Waals surface area contributed by atoms with Crippen molar-refractivity contribution in [2.24, 2.45) is 5.92 Å². The van der Waals surface area contributed by atoms with Crippen molar-refractivity contribution >= 4 is 29.1 Å². The van der Waals surface area contributed by atoms with E-state index >= 15 is 0 Å². The summed E-state index contributed by atoms with van der Waals surface area (Å²) in [5, 5.41) is 3.56. The van der Waals surface area contributed by atoms with Crippen molar-refractivity contribution in [3.05, 3.63) is 47.2 Å². The lowest BCUT2D eigenvalue weighted by molar-refractivity contribution is -0.120. The molecule has 0 bridgehead atoms. The minimum atomic E-state index is 0.00930. The van der Waals surface area contributed by atoms with Gasteiger partial charge in [-0.05, 0) is 44.0 Å². The molecule has 3 rings (SSSR count). The molecule has 2 aromatic rings. The number of carbonyl (C=O) groups excluding carboxylic acids is 1. The van der Waals surface area contributed by atoms with Gasteiger partial charge in [-0.15, -0.1) is 0 Å². The summed E-state index contributed by atoms with van der Waals surface area (Å²) < 4.78 is 0. The van der Waals surface area contributed by atoms with E-state index in [1.54, 1.807) is 18.3 Å². The van der Waals surface area contributed by atoms with Gasteiger partial charge in [0.25, 0.3) is 0 Å². The van der Waals surface area contributed by atoms with Gasteiger partial charge >= 0.3 is 0 Å². The summed E-state index contributed by atoms with van der Waals surface area (Å²) in [5.41, 5.74) is 1.70. The number of carbonyl (C=O) groups is 1. The summed E-state index contributed by atoms with van der Waals surface area (Å²) in [6, 6.07) is 9.11. The molecule has 1 aromatic heterocycles. The predicted octanol–water partition coefficient (Wildman–Crippen LogP) is 3.29. The number of piperidine rings is 1.